The number of benzene rings is 3. The molecule has 0 saturated heterocycles. The molecule has 1 aliphatic heterocycles. The second-order valence-electron chi connectivity index (χ2n) is 6.91. The maximum absolute atomic E-state index is 13.1. The van der Waals surface area contributed by atoms with Crippen molar-refractivity contribution >= 4 is 29.2 Å². The second-order valence-corrected chi connectivity index (χ2v) is 8.00. The number of nitrogens with zero attached hydrogens (tertiary/aromatic N) is 3. The Morgan fingerprint density at radius 1 is 1.00 bits per heavy atom. The standard InChI is InChI=1S/C23H18N4O2S/c1-15-7-6-8-16(13-15)22-25-21(29-26-22)14-24-23(28)27-17-9-2-4-11-19(17)30-20-12-5-3-10-18(20)27/h2-13H,14H2,1H3,(H,24,28). The minimum atomic E-state index is -0.245. The van der Waals surface area contributed by atoms with Gasteiger partial charge in [-0.05, 0) is 37.3 Å². The lowest BCUT2D eigenvalue weighted by molar-refractivity contribution is 0.246. The lowest BCUT2D eigenvalue weighted by Gasteiger charge is -2.30. The fourth-order valence-electron chi connectivity index (χ4n) is 3.38. The molecule has 148 valence electrons. The molecule has 0 aliphatic carbocycles. The van der Waals surface area contributed by atoms with Gasteiger partial charge in [-0.2, -0.15) is 4.98 Å². The molecule has 1 aromatic heterocycles. The number of aryl methyl sites for hydroxylation is 1. The molecule has 30 heavy (non-hydrogen) atoms. The molecule has 6 nitrogen and oxygen atoms in total. The van der Waals surface area contributed by atoms with Crippen LogP contribution in [0.4, 0.5) is 16.2 Å². The zero-order valence-corrected chi connectivity index (χ0v) is 17.0. The van der Waals surface area contributed by atoms with Crippen molar-refractivity contribution in [1.82, 2.24) is 15.5 Å². The zero-order chi connectivity index (χ0) is 20.5. The third kappa shape index (κ3) is 3.44. The molecule has 0 unspecified atom stereocenters. The molecule has 3 aromatic carbocycles. The third-order valence-electron chi connectivity index (χ3n) is 4.77. The topological polar surface area (TPSA) is 71.3 Å². The van der Waals surface area contributed by atoms with Crippen LogP contribution >= 0.6 is 11.8 Å². The number of para-hydroxylation sites is 2. The van der Waals surface area contributed by atoms with Crippen molar-refractivity contribution in [2.75, 3.05) is 4.90 Å². The SMILES string of the molecule is Cc1cccc(-c2noc(CNC(=O)N3c4ccccc4Sc4ccccc43)n2)c1. The third-order valence-corrected chi connectivity index (χ3v) is 5.90. The van der Waals surface area contributed by atoms with E-state index in [2.05, 4.69) is 15.5 Å². The Kier molecular flexibility index (Phi) is 4.72. The molecule has 7 heteroatoms. The summed E-state index contributed by atoms with van der Waals surface area (Å²) in [5.74, 6) is 0.862. The van der Waals surface area contributed by atoms with Crippen LogP contribution in [0.25, 0.3) is 11.4 Å². The Labute approximate surface area is 177 Å². The number of anilines is 2. The van der Waals surface area contributed by atoms with Gasteiger partial charge in [-0.25, -0.2) is 4.79 Å². The first-order valence-corrected chi connectivity index (χ1v) is 10.3. The molecule has 0 fully saturated rings. The van der Waals surface area contributed by atoms with E-state index in [0.717, 1.165) is 32.3 Å². The summed E-state index contributed by atoms with van der Waals surface area (Å²) in [6, 6.07) is 23.4. The minimum Gasteiger partial charge on any atom is -0.337 e. The van der Waals surface area contributed by atoms with E-state index in [9.17, 15) is 4.79 Å². The number of urea groups is 1. The Morgan fingerprint density at radius 2 is 1.70 bits per heavy atom. The first-order valence-electron chi connectivity index (χ1n) is 9.52. The van der Waals surface area contributed by atoms with Crippen LogP contribution in [0.5, 0.6) is 0 Å². The summed E-state index contributed by atoms with van der Waals surface area (Å²) in [7, 11) is 0. The highest BCUT2D eigenvalue weighted by Crippen LogP contribution is 2.47. The predicted molar refractivity (Wildman–Crippen MR) is 116 cm³/mol. The lowest BCUT2D eigenvalue weighted by Crippen LogP contribution is -2.37. The van der Waals surface area contributed by atoms with Gasteiger partial charge >= 0.3 is 6.03 Å². The fourth-order valence-corrected chi connectivity index (χ4v) is 4.44. The number of hydrogen-bond donors (Lipinski definition) is 1. The molecular weight excluding hydrogens is 396 g/mol. The van der Waals surface area contributed by atoms with Crippen molar-refractivity contribution < 1.29 is 9.32 Å². The highest BCUT2D eigenvalue weighted by molar-refractivity contribution is 7.99. The summed E-state index contributed by atoms with van der Waals surface area (Å²) < 4.78 is 5.34. The van der Waals surface area contributed by atoms with E-state index < -0.39 is 0 Å². The number of nitrogens with one attached hydrogen (secondary N) is 1. The van der Waals surface area contributed by atoms with Gasteiger partial charge in [0, 0.05) is 15.4 Å². The van der Waals surface area contributed by atoms with Gasteiger partial charge in [-0.3, -0.25) is 4.90 Å². The van der Waals surface area contributed by atoms with Crippen LogP contribution in [0.3, 0.4) is 0 Å². The Morgan fingerprint density at radius 3 is 2.40 bits per heavy atom. The van der Waals surface area contributed by atoms with E-state index in [1.165, 1.54) is 0 Å². The summed E-state index contributed by atoms with van der Waals surface area (Å²) in [4.78, 5) is 21.3. The molecule has 4 aromatic rings. The van der Waals surface area contributed by atoms with E-state index in [4.69, 9.17) is 4.52 Å². The van der Waals surface area contributed by atoms with Crippen LogP contribution in [0.2, 0.25) is 0 Å². The van der Waals surface area contributed by atoms with E-state index in [1.54, 1.807) is 16.7 Å². The van der Waals surface area contributed by atoms with Crippen molar-refractivity contribution in [3.05, 3.63) is 84.3 Å². The molecular formula is C23H18N4O2S. The van der Waals surface area contributed by atoms with E-state index >= 15 is 0 Å². The summed E-state index contributed by atoms with van der Waals surface area (Å²) in [6.45, 7) is 2.16. The summed E-state index contributed by atoms with van der Waals surface area (Å²) in [5, 5.41) is 6.94. The summed E-state index contributed by atoms with van der Waals surface area (Å²) >= 11 is 1.66. The Bertz CT molecular complexity index is 1190. The normalized spacial score (nSPS) is 12.2. The maximum atomic E-state index is 13.1. The van der Waals surface area contributed by atoms with Crippen LogP contribution in [-0.2, 0) is 6.54 Å². The van der Waals surface area contributed by atoms with Crippen molar-refractivity contribution in [1.29, 1.82) is 0 Å². The van der Waals surface area contributed by atoms with Gasteiger partial charge in [0.2, 0.25) is 11.7 Å². The van der Waals surface area contributed by atoms with Gasteiger partial charge in [0.1, 0.15) is 0 Å². The van der Waals surface area contributed by atoms with Gasteiger partial charge < -0.3 is 9.84 Å². The molecule has 5 rings (SSSR count). The fraction of sp³-hybridized carbons (Fsp3) is 0.0870. The Hall–Kier alpha value is -3.58. The van der Waals surface area contributed by atoms with Crippen LogP contribution < -0.4 is 10.2 Å². The van der Waals surface area contributed by atoms with Gasteiger partial charge in [0.15, 0.2) is 0 Å². The van der Waals surface area contributed by atoms with Gasteiger partial charge in [-0.1, -0.05) is 64.9 Å². The monoisotopic (exact) mass is 414 g/mol. The molecule has 2 amide bonds. The molecule has 0 bridgehead atoms. The highest BCUT2D eigenvalue weighted by atomic mass is 32.2. The summed E-state index contributed by atoms with van der Waals surface area (Å²) in [6.07, 6.45) is 0. The molecule has 0 radical (unpaired) electrons. The number of aromatic nitrogens is 2. The number of carbonyl (C=O) groups is 1. The lowest BCUT2D eigenvalue weighted by atomic mass is 10.1. The molecule has 0 atom stereocenters. The molecule has 1 N–H and O–H groups in total. The Balaban J connectivity index is 1.37. The average molecular weight is 414 g/mol. The van der Waals surface area contributed by atoms with E-state index in [1.807, 2.05) is 79.7 Å². The predicted octanol–water partition coefficient (Wildman–Crippen LogP) is 5.56. The quantitative estimate of drug-likeness (QED) is 0.475. The number of carbonyl (C=O) groups excluding carboxylic acids is 1. The number of rotatable bonds is 3. The van der Waals surface area contributed by atoms with Gasteiger partial charge in [0.05, 0.1) is 17.9 Å². The first-order chi connectivity index (χ1) is 14.7. The van der Waals surface area contributed by atoms with E-state index in [-0.39, 0.29) is 12.6 Å². The summed E-state index contributed by atoms with van der Waals surface area (Å²) in [5.41, 5.74) is 3.70. The van der Waals surface area contributed by atoms with E-state index in [0.29, 0.717) is 11.7 Å². The van der Waals surface area contributed by atoms with Crippen molar-refractivity contribution in [3.63, 3.8) is 0 Å². The van der Waals surface area contributed by atoms with Crippen LogP contribution in [-0.4, -0.2) is 16.2 Å². The largest absolute Gasteiger partial charge is 0.337 e. The number of fused-ring (bicyclic) bond motifs is 2. The van der Waals surface area contributed by atoms with Crippen LogP contribution in [0.1, 0.15) is 11.5 Å². The van der Waals surface area contributed by atoms with Gasteiger partial charge in [0.25, 0.3) is 0 Å². The average Bonchev–Trinajstić information content (AvgIpc) is 3.25. The molecule has 2 heterocycles. The molecule has 0 saturated carbocycles. The van der Waals surface area contributed by atoms with Gasteiger partial charge in [-0.15, -0.1) is 0 Å². The van der Waals surface area contributed by atoms with Crippen LogP contribution in [0.15, 0.2) is 87.1 Å². The van der Waals surface area contributed by atoms with Crippen molar-refractivity contribution in [3.8, 4) is 11.4 Å². The minimum absolute atomic E-state index is 0.144. The smallest absolute Gasteiger partial charge is 0.327 e. The number of amides is 2. The highest BCUT2D eigenvalue weighted by Gasteiger charge is 2.28. The number of hydrogen-bond acceptors (Lipinski definition) is 5. The molecule has 1 aliphatic rings. The molecule has 0 spiro atoms. The maximum Gasteiger partial charge on any atom is 0.327 e. The zero-order valence-electron chi connectivity index (χ0n) is 16.2. The van der Waals surface area contributed by atoms with Crippen molar-refractivity contribution in [2.24, 2.45) is 0 Å². The van der Waals surface area contributed by atoms with Crippen molar-refractivity contribution in [2.45, 2.75) is 23.3 Å². The first kappa shape index (κ1) is 18.4. The van der Waals surface area contributed by atoms with Crippen LogP contribution in [0, 0.1) is 6.92 Å². The second kappa shape index (κ2) is 7.68.